The summed E-state index contributed by atoms with van der Waals surface area (Å²) in [6.07, 6.45) is 2.49. The number of aliphatic hydroxyl groups excluding tert-OH is 1. The molecule has 0 spiro atoms. The third-order valence-corrected chi connectivity index (χ3v) is 23.8. The van der Waals surface area contributed by atoms with Gasteiger partial charge in [0.2, 0.25) is 0 Å². The summed E-state index contributed by atoms with van der Waals surface area (Å²) < 4.78 is 32.1. The lowest BCUT2D eigenvalue weighted by atomic mass is 10.4. The molecule has 0 aromatic heterocycles. The van der Waals surface area contributed by atoms with E-state index >= 15 is 0 Å². The van der Waals surface area contributed by atoms with Gasteiger partial charge in [-0.1, -0.05) is 19.8 Å². The predicted molar refractivity (Wildman–Crippen MR) is 139 cm³/mol. The van der Waals surface area contributed by atoms with Gasteiger partial charge in [0.05, 0.1) is 19.3 Å². The van der Waals surface area contributed by atoms with Crippen molar-refractivity contribution in [2.45, 2.75) is 110 Å². The van der Waals surface area contributed by atoms with Gasteiger partial charge in [0.1, 0.15) is 0 Å². The molecular weight excluding hydrogens is 465 g/mol. The van der Waals surface area contributed by atoms with Gasteiger partial charge in [-0.2, -0.15) is 0 Å². The van der Waals surface area contributed by atoms with Crippen molar-refractivity contribution < 1.29 is 26.3 Å². The summed E-state index contributed by atoms with van der Waals surface area (Å²) in [6, 6.07) is 2.04. The Morgan fingerprint density at radius 3 is 1.57 bits per heavy atom. The fourth-order valence-electron chi connectivity index (χ4n) is 4.28. The first-order valence-corrected chi connectivity index (χ1v) is 26.1. The lowest BCUT2D eigenvalue weighted by Gasteiger charge is -2.42. The molecule has 6 nitrogen and oxygen atoms in total. The van der Waals surface area contributed by atoms with Crippen LogP contribution in [0.5, 0.6) is 0 Å². The molecule has 0 aromatic carbocycles. The number of ether oxygens (including phenoxy) is 1. The van der Waals surface area contributed by atoms with E-state index in [4.69, 9.17) is 26.3 Å². The van der Waals surface area contributed by atoms with Crippen molar-refractivity contribution in [2.75, 3.05) is 13.2 Å². The van der Waals surface area contributed by atoms with Crippen LogP contribution in [0.25, 0.3) is 0 Å². The van der Waals surface area contributed by atoms with Crippen LogP contribution in [0.15, 0.2) is 0 Å². The third kappa shape index (κ3) is 14.8. The molecule has 182 valence electrons. The average molecular weight is 515 g/mol. The minimum atomic E-state index is -2.41. The van der Waals surface area contributed by atoms with Gasteiger partial charge >= 0.3 is 25.7 Å². The average Bonchev–Trinajstić information content (AvgIpc) is 2.45. The minimum absolute atomic E-state index is 0.0491. The normalized spacial score (nSPS) is 15.5. The van der Waals surface area contributed by atoms with Crippen molar-refractivity contribution in [3.8, 4) is 0 Å². The van der Waals surface area contributed by atoms with E-state index in [0.717, 1.165) is 6.04 Å². The molecule has 0 aliphatic heterocycles. The zero-order valence-electron chi connectivity index (χ0n) is 21.8. The molecule has 0 saturated heterocycles. The van der Waals surface area contributed by atoms with E-state index in [2.05, 4.69) is 72.4 Å². The van der Waals surface area contributed by atoms with Crippen LogP contribution in [0.2, 0.25) is 77.6 Å². The Morgan fingerprint density at radius 1 is 0.700 bits per heavy atom. The molecule has 0 fully saturated rings. The maximum Gasteiger partial charge on any atom is 0.314 e. The Balaban J connectivity index is 4.96. The maximum absolute atomic E-state index is 8.96. The van der Waals surface area contributed by atoms with E-state index in [-0.39, 0.29) is 12.7 Å². The van der Waals surface area contributed by atoms with E-state index < -0.39 is 42.3 Å². The Bertz CT molecular complexity index is 500. The van der Waals surface area contributed by atoms with Crippen LogP contribution in [0, 0.1) is 0 Å². The summed E-state index contributed by atoms with van der Waals surface area (Å²) in [7, 11) is -10.8. The standard InChI is InChI=1S/C19H50O6Si5/c1-13-14-17-26(3,4)22-28(7,8)24-30(11,12)25-29(9,10)23-27(5,6)18-19(2)21-16-15-20/h19-20H,13-18H2,1-12H3. The number of unbranched alkanes of at least 4 members (excludes halogenated alkanes) is 1. The van der Waals surface area contributed by atoms with E-state index in [1.807, 2.05) is 6.92 Å². The van der Waals surface area contributed by atoms with Gasteiger partial charge in [0, 0.05) is 0 Å². The number of hydrogen-bond donors (Lipinski definition) is 1. The topological polar surface area (TPSA) is 66.4 Å². The fraction of sp³-hybridized carbons (Fsp3) is 1.00. The van der Waals surface area contributed by atoms with Gasteiger partial charge in [-0.05, 0) is 84.5 Å². The number of hydrogen-bond acceptors (Lipinski definition) is 6. The van der Waals surface area contributed by atoms with Gasteiger partial charge in [-0.3, -0.25) is 0 Å². The van der Waals surface area contributed by atoms with Crippen LogP contribution >= 0.6 is 0 Å². The molecule has 0 aliphatic carbocycles. The SMILES string of the molecule is CCCC[Si](C)(C)O[Si](C)(C)O[Si](C)(C)O[Si](C)(C)O[Si](C)(C)CC(C)OCCO. The zero-order valence-corrected chi connectivity index (χ0v) is 26.8. The summed E-state index contributed by atoms with van der Waals surface area (Å²) >= 11 is 0. The zero-order chi connectivity index (χ0) is 23.9. The van der Waals surface area contributed by atoms with E-state index in [0.29, 0.717) is 6.61 Å². The van der Waals surface area contributed by atoms with Crippen LogP contribution in [0.3, 0.4) is 0 Å². The van der Waals surface area contributed by atoms with E-state index in [1.165, 1.54) is 18.9 Å². The molecule has 0 aliphatic rings. The van der Waals surface area contributed by atoms with Gasteiger partial charge in [0.25, 0.3) is 0 Å². The van der Waals surface area contributed by atoms with Crippen molar-refractivity contribution in [1.29, 1.82) is 0 Å². The van der Waals surface area contributed by atoms with Crippen LogP contribution in [-0.2, 0) is 21.2 Å². The molecule has 0 heterocycles. The number of rotatable bonds is 16. The Hall–Kier alpha value is 0.844. The smallest absolute Gasteiger partial charge is 0.314 e. The second-order valence-electron chi connectivity index (χ2n) is 10.8. The second kappa shape index (κ2) is 12.3. The van der Waals surface area contributed by atoms with Crippen molar-refractivity contribution in [3.05, 3.63) is 0 Å². The summed E-state index contributed by atoms with van der Waals surface area (Å²) in [4.78, 5) is 0. The summed E-state index contributed by atoms with van der Waals surface area (Å²) in [5.41, 5.74) is 0. The molecular formula is C19H50O6Si5. The predicted octanol–water partition coefficient (Wildman–Crippen LogP) is 5.77. The highest BCUT2D eigenvalue weighted by atomic mass is 28.5. The Labute approximate surface area is 192 Å². The van der Waals surface area contributed by atoms with E-state index in [9.17, 15) is 0 Å². The molecule has 11 heteroatoms. The monoisotopic (exact) mass is 514 g/mol. The van der Waals surface area contributed by atoms with Crippen LogP contribution in [0.1, 0.15) is 26.7 Å². The summed E-state index contributed by atoms with van der Waals surface area (Å²) in [5, 5.41) is 8.96. The highest BCUT2D eigenvalue weighted by molar-refractivity contribution is 6.90. The molecule has 30 heavy (non-hydrogen) atoms. The van der Waals surface area contributed by atoms with Crippen LogP contribution in [-0.4, -0.2) is 66.7 Å². The second-order valence-corrected chi connectivity index (χ2v) is 30.5. The van der Waals surface area contributed by atoms with Gasteiger partial charge in [0.15, 0.2) is 16.6 Å². The molecule has 1 N–H and O–H groups in total. The highest BCUT2D eigenvalue weighted by Crippen LogP contribution is 2.28. The van der Waals surface area contributed by atoms with Crippen molar-refractivity contribution in [2.24, 2.45) is 0 Å². The molecule has 1 atom stereocenters. The summed E-state index contributed by atoms with van der Waals surface area (Å²) in [5.74, 6) is 0. The quantitative estimate of drug-likeness (QED) is 0.264. The molecule has 0 saturated carbocycles. The summed E-state index contributed by atoms with van der Waals surface area (Å²) in [6.45, 7) is 26.5. The molecule has 0 radical (unpaired) electrons. The molecule has 0 rings (SSSR count). The van der Waals surface area contributed by atoms with Gasteiger partial charge in [-0.15, -0.1) is 0 Å². The van der Waals surface area contributed by atoms with Crippen molar-refractivity contribution in [1.82, 2.24) is 0 Å². The first kappa shape index (κ1) is 30.8. The highest BCUT2D eigenvalue weighted by Gasteiger charge is 2.45. The lowest BCUT2D eigenvalue weighted by Crippen LogP contribution is -2.58. The Morgan fingerprint density at radius 2 is 1.13 bits per heavy atom. The third-order valence-electron chi connectivity index (χ3n) is 4.43. The minimum Gasteiger partial charge on any atom is -0.436 e. The first-order valence-electron chi connectivity index (χ1n) is 11.4. The fourth-order valence-corrected chi connectivity index (χ4v) is 29.5. The van der Waals surface area contributed by atoms with E-state index in [1.54, 1.807) is 0 Å². The molecule has 1 unspecified atom stereocenters. The van der Waals surface area contributed by atoms with Gasteiger partial charge < -0.3 is 26.3 Å². The van der Waals surface area contributed by atoms with Crippen LogP contribution < -0.4 is 0 Å². The van der Waals surface area contributed by atoms with Gasteiger partial charge in [-0.25, -0.2) is 0 Å². The van der Waals surface area contributed by atoms with Crippen LogP contribution in [0.4, 0.5) is 0 Å². The largest absolute Gasteiger partial charge is 0.436 e. The van der Waals surface area contributed by atoms with Crippen molar-refractivity contribution in [3.63, 3.8) is 0 Å². The molecule has 0 bridgehead atoms. The molecule has 0 aromatic rings. The maximum atomic E-state index is 8.96. The molecule has 0 amide bonds. The van der Waals surface area contributed by atoms with Crippen molar-refractivity contribution >= 4 is 42.3 Å². The lowest BCUT2D eigenvalue weighted by molar-refractivity contribution is 0.0474. The first-order chi connectivity index (χ1) is 13.3. The Kier molecular flexibility index (Phi) is 12.7. The number of aliphatic hydroxyl groups is 1.